The minimum absolute atomic E-state index is 0.414. The number of rotatable bonds is 4. The third-order valence-corrected chi connectivity index (χ3v) is 3.29. The van der Waals surface area contributed by atoms with Crippen LogP contribution in [0.15, 0.2) is 12.1 Å². The van der Waals surface area contributed by atoms with Crippen LogP contribution >= 0.6 is 0 Å². The van der Waals surface area contributed by atoms with Gasteiger partial charge in [-0.2, -0.15) is 0 Å². The summed E-state index contributed by atoms with van der Waals surface area (Å²) in [5, 5.41) is 4.79. The lowest BCUT2D eigenvalue weighted by molar-refractivity contribution is -0.123. The largest absolute Gasteiger partial charge is 0.493 e. The molecule has 2 N–H and O–H groups in total. The monoisotopic (exact) mass is 280 g/mol. The van der Waals surface area contributed by atoms with Gasteiger partial charge in [0.05, 0.1) is 21.3 Å². The topological polar surface area (TPSA) is 85.9 Å². The third kappa shape index (κ3) is 2.01. The molecule has 0 spiro atoms. The summed E-state index contributed by atoms with van der Waals surface area (Å²) in [6.45, 7) is 1.61. The van der Waals surface area contributed by atoms with Crippen LogP contribution in [0.3, 0.4) is 0 Å². The quantitative estimate of drug-likeness (QED) is 0.795. The number of hydrogen-bond acceptors (Lipinski definition) is 5. The summed E-state index contributed by atoms with van der Waals surface area (Å²) in [6, 6.07) is 2.73. The maximum absolute atomic E-state index is 12.0. The molecule has 1 aliphatic heterocycles. The predicted molar refractivity (Wildman–Crippen MR) is 70.1 cm³/mol. The summed E-state index contributed by atoms with van der Waals surface area (Å²) in [4.78, 5) is 23.3. The van der Waals surface area contributed by atoms with Crippen molar-refractivity contribution >= 4 is 11.9 Å². The number of urea groups is 1. The Kier molecular flexibility index (Phi) is 3.44. The van der Waals surface area contributed by atoms with Crippen LogP contribution in [0.25, 0.3) is 0 Å². The molecule has 20 heavy (non-hydrogen) atoms. The highest BCUT2D eigenvalue weighted by atomic mass is 16.5. The van der Waals surface area contributed by atoms with E-state index < -0.39 is 17.5 Å². The summed E-state index contributed by atoms with van der Waals surface area (Å²) in [5.74, 6) is 0.818. The average Bonchev–Trinajstić information content (AvgIpc) is 2.71. The molecule has 0 aromatic heterocycles. The molecule has 7 heteroatoms. The smallest absolute Gasteiger partial charge is 0.322 e. The normalized spacial score (nSPS) is 21.2. The van der Waals surface area contributed by atoms with Crippen molar-refractivity contribution in [2.75, 3.05) is 21.3 Å². The van der Waals surface area contributed by atoms with E-state index in [2.05, 4.69) is 10.6 Å². The summed E-state index contributed by atoms with van der Waals surface area (Å²) in [6.07, 6.45) is 0. The molecular formula is C13H16N2O5. The molecule has 1 aromatic rings. The molecule has 0 aliphatic carbocycles. The second-order valence-electron chi connectivity index (χ2n) is 4.45. The van der Waals surface area contributed by atoms with Gasteiger partial charge in [-0.25, -0.2) is 4.79 Å². The lowest BCUT2D eigenvalue weighted by atomic mass is 9.91. The van der Waals surface area contributed by atoms with Crippen LogP contribution in [-0.2, 0) is 10.3 Å². The number of methoxy groups -OCH3 is 3. The zero-order valence-electron chi connectivity index (χ0n) is 11.7. The van der Waals surface area contributed by atoms with Gasteiger partial charge in [-0.3, -0.25) is 10.1 Å². The van der Waals surface area contributed by atoms with Gasteiger partial charge < -0.3 is 19.5 Å². The van der Waals surface area contributed by atoms with Crippen molar-refractivity contribution in [2.24, 2.45) is 0 Å². The second kappa shape index (κ2) is 4.92. The molecule has 3 amide bonds. The SMILES string of the molecule is COc1cc([C@]2(C)NC(=O)NC2=O)cc(OC)c1OC. The van der Waals surface area contributed by atoms with E-state index in [0.29, 0.717) is 22.8 Å². The number of amides is 3. The van der Waals surface area contributed by atoms with Gasteiger partial charge in [0.15, 0.2) is 11.5 Å². The molecule has 0 saturated carbocycles. The highest BCUT2D eigenvalue weighted by Crippen LogP contribution is 2.41. The van der Waals surface area contributed by atoms with Crippen molar-refractivity contribution in [2.45, 2.75) is 12.5 Å². The maximum atomic E-state index is 12.0. The fourth-order valence-corrected chi connectivity index (χ4v) is 2.12. The molecule has 2 rings (SSSR count). The number of hydrogen-bond donors (Lipinski definition) is 2. The van der Waals surface area contributed by atoms with E-state index in [1.807, 2.05) is 0 Å². The van der Waals surface area contributed by atoms with Gasteiger partial charge in [0.1, 0.15) is 5.54 Å². The average molecular weight is 280 g/mol. The van der Waals surface area contributed by atoms with Crippen LogP contribution in [0.4, 0.5) is 4.79 Å². The maximum Gasteiger partial charge on any atom is 0.322 e. The first-order chi connectivity index (χ1) is 9.46. The van der Waals surface area contributed by atoms with Gasteiger partial charge in [0.2, 0.25) is 5.75 Å². The minimum Gasteiger partial charge on any atom is -0.493 e. The molecule has 1 fully saturated rings. The molecule has 108 valence electrons. The number of ether oxygens (including phenoxy) is 3. The standard InChI is InChI=1S/C13H16N2O5/c1-13(11(16)14-12(17)15-13)7-5-8(18-2)10(20-4)9(6-7)19-3/h5-6H,1-4H3,(H2,14,15,16,17)/t13-/m0/s1. The second-order valence-corrected chi connectivity index (χ2v) is 4.45. The fraction of sp³-hybridized carbons (Fsp3) is 0.385. The van der Waals surface area contributed by atoms with Gasteiger partial charge in [0, 0.05) is 0 Å². The molecule has 1 aromatic carbocycles. The number of benzene rings is 1. The minimum atomic E-state index is -1.18. The van der Waals surface area contributed by atoms with Crippen LogP contribution in [0.2, 0.25) is 0 Å². The highest BCUT2D eigenvalue weighted by molar-refractivity contribution is 6.07. The summed E-state index contributed by atoms with van der Waals surface area (Å²) in [7, 11) is 4.46. The lowest BCUT2D eigenvalue weighted by Crippen LogP contribution is -2.40. The lowest BCUT2D eigenvalue weighted by Gasteiger charge is -2.23. The first kappa shape index (κ1) is 14.0. The van der Waals surface area contributed by atoms with Crippen LogP contribution < -0.4 is 24.8 Å². The molecule has 1 saturated heterocycles. The Hall–Kier alpha value is -2.44. The number of nitrogens with one attached hydrogen (secondary N) is 2. The van der Waals surface area contributed by atoms with Crippen molar-refractivity contribution in [3.05, 3.63) is 17.7 Å². The molecule has 1 aliphatic rings. The van der Waals surface area contributed by atoms with E-state index in [4.69, 9.17) is 14.2 Å². The Labute approximate surface area is 116 Å². The van der Waals surface area contributed by atoms with Crippen molar-refractivity contribution in [3.8, 4) is 17.2 Å². The zero-order chi connectivity index (χ0) is 14.9. The Morgan fingerprint density at radius 3 is 1.90 bits per heavy atom. The predicted octanol–water partition coefficient (Wildman–Crippen LogP) is 0.767. The van der Waals surface area contributed by atoms with E-state index in [0.717, 1.165) is 0 Å². The number of imide groups is 1. The Balaban J connectivity index is 2.58. The zero-order valence-corrected chi connectivity index (χ0v) is 11.7. The van der Waals surface area contributed by atoms with E-state index in [1.165, 1.54) is 21.3 Å². The van der Waals surface area contributed by atoms with E-state index in [1.54, 1.807) is 19.1 Å². The molecule has 0 unspecified atom stereocenters. The van der Waals surface area contributed by atoms with E-state index in [-0.39, 0.29) is 0 Å². The van der Waals surface area contributed by atoms with Crippen LogP contribution in [0.5, 0.6) is 17.2 Å². The summed E-state index contributed by atoms with van der Waals surface area (Å²) in [5.41, 5.74) is -0.639. The molecular weight excluding hydrogens is 264 g/mol. The molecule has 7 nitrogen and oxygen atoms in total. The van der Waals surface area contributed by atoms with Crippen molar-refractivity contribution < 1.29 is 23.8 Å². The van der Waals surface area contributed by atoms with Crippen molar-refractivity contribution in [3.63, 3.8) is 0 Å². The fourth-order valence-electron chi connectivity index (χ4n) is 2.12. The number of carbonyl (C=O) groups is 2. The van der Waals surface area contributed by atoms with E-state index >= 15 is 0 Å². The summed E-state index contributed by atoms with van der Waals surface area (Å²) >= 11 is 0. The van der Waals surface area contributed by atoms with Gasteiger partial charge in [-0.05, 0) is 24.6 Å². The van der Waals surface area contributed by atoms with Gasteiger partial charge in [-0.1, -0.05) is 0 Å². The third-order valence-electron chi connectivity index (χ3n) is 3.29. The van der Waals surface area contributed by atoms with Crippen LogP contribution in [0.1, 0.15) is 12.5 Å². The summed E-state index contributed by atoms with van der Waals surface area (Å²) < 4.78 is 15.7. The highest BCUT2D eigenvalue weighted by Gasteiger charge is 2.44. The Morgan fingerprint density at radius 2 is 1.55 bits per heavy atom. The molecule has 0 radical (unpaired) electrons. The van der Waals surface area contributed by atoms with Gasteiger partial charge in [-0.15, -0.1) is 0 Å². The Morgan fingerprint density at radius 1 is 1.00 bits per heavy atom. The van der Waals surface area contributed by atoms with Crippen LogP contribution in [-0.4, -0.2) is 33.3 Å². The van der Waals surface area contributed by atoms with Gasteiger partial charge >= 0.3 is 6.03 Å². The van der Waals surface area contributed by atoms with Crippen LogP contribution in [0, 0.1) is 0 Å². The first-order valence-corrected chi connectivity index (χ1v) is 5.90. The first-order valence-electron chi connectivity index (χ1n) is 5.90. The molecule has 0 bridgehead atoms. The Bertz CT molecular complexity index is 547. The van der Waals surface area contributed by atoms with Crippen molar-refractivity contribution in [1.29, 1.82) is 0 Å². The van der Waals surface area contributed by atoms with Gasteiger partial charge in [0.25, 0.3) is 5.91 Å². The van der Waals surface area contributed by atoms with E-state index in [9.17, 15) is 9.59 Å². The molecule has 1 heterocycles. The van der Waals surface area contributed by atoms with Crippen molar-refractivity contribution in [1.82, 2.24) is 10.6 Å². The molecule has 1 atom stereocenters. The number of carbonyl (C=O) groups excluding carboxylic acids is 2.